The highest BCUT2D eigenvalue weighted by atomic mass is 28.3. The summed E-state index contributed by atoms with van der Waals surface area (Å²) < 4.78 is 6.59. The molecule has 454 valence electrons. The summed E-state index contributed by atoms with van der Waals surface area (Å²) in [5.41, 5.74) is 12.1. The number of hydrogen-bond acceptors (Lipinski definition) is 11. The first-order chi connectivity index (χ1) is 39.2. The lowest BCUT2D eigenvalue weighted by atomic mass is 9.76. The number of quaternary nitrogens is 1. The molecule has 1 atom stereocenters. The van der Waals surface area contributed by atoms with Crippen LogP contribution < -0.4 is 21.8 Å². The van der Waals surface area contributed by atoms with Crippen LogP contribution in [0.2, 0.25) is 19.6 Å². The third-order valence-electron chi connectivity index (χ3n) is 13.4. The number of carbonyl (C=O) groups excluding carboxylic acids is 5. The predicted molar refractivity (Wildman–Crippen MR) is 340 cm³/mol. The summed E-state index contributed by atoms with van der Waals surface area (Å²) in [6.45, 7) is 50.2. The average Bonchev–Trinajstić information content (AvgIpc) is 3.75. The molecule has 1 unspecified atom stereocenters. The molecule has 17 nitrogen and oxygen atoms in total. The standard InChI is InChI=1S/C22H24BN3O4.C21H25BN2O5.C16H36N.C4H9NSi.CHN/c1-13-9-14(2)11-16(10-13)21(28)26(22(3,4)5)25-19(27)15-7-8-17-18(12-15)23(29)30-20(17)24-6;1-13-8-14(2)10-17(9-13)20(27)24(21(3,4)5)23-19(26)15-6-7-16(12-25)18(11-15)22(28)29;1-5-9-13-17(14-10-6-2,15-11-7-3)16-12-8-4;1-6(2,3)4-5;1-2/h7-12,20,29H,1-5H3,(H,25,27);6-12,28-29H,1-5H3,(H,23,26);5-16H2,1-4H3;1-3H3;1H/q;;+1;;. The van der Waals surface area contributed by atoms with E-state index in [9.17, 15) is 39.0 Å². The molecule has 0 aliphatic carbocycles. The molecule has 0 saturated carbocycles. The Morgan fingerprint density at radius 1 is 0.690 bits per heavy atom. The van der Waals surface area contributed by atoms with Crippen molar-refractivity contribution in [3.63, 3.8) is 0 Å². The SMILES string of the molecule is C#N.CCCC[N+](CCCC)(CCCC)CCCC.C[Si](C)(C)C#N.Cc1cc(C)cc(C(=O)N(NC(=O)c2ccc(C=O)c(B(O)O)c2)C(C)(C)C)c1.[C-]#[N+]C1OB(O)c2cc(C(=O)NN(C(=O)c3cc(C)cc(C)c3)C(C)(C)C)ccc21. The fraction of sp³-hybridized carbons (Fsp3) is 0.500. The molecule has 5 rings (SSSR count). The fourth-order valence-corrected chi connectivity index (χ4v) is 9.05. The average molecular weight is 1170 g/mol. The van der Waals surface area contributed by atoms with Crippen LogP contribution in [0.1, 0.15) is 206 Å². The van der Waals surface area contributed by atoms with Crippen LogP contribution in [0, 0.1) is 57.1 Å². The van der Waals surface area contributed by atoms with Gasteiger partial charge in [-0.3, -0.25) is 39.7 Å². The van der Waals surface area contributed by atoms with Crippen molar-refractivity contribution in [2.75, 3.05) is 26.2 Å². The molecule has 0 spiro atoms. The Balaban J connectivity index is 0.000000610. The van der Waals surface area contributed by atoms with E-state index in [0.29, 0.717) is 28.4 Å². The molecular formula is C64H95B2N8O9Si+. The lowest BCUT2D eigenvalue weighted by Crippen LogP contribution is -2.56. The Labute approximate surface area is 504 Å². The molecule has 1 aliphatic rings. The number of nitrogens with zero attached hydrogens (tertiary/aromatic N) is 6. The van der Waals surface area contributed by atoms with E-state index in [2.05, 4.69) is 55.7 Å². The maximum absolute atomic E-state index is 13.2. The van der Waals surface area contributed by atoms with E-state index in [1.165, 1.54) is 116 Å². The van der Waals surface area contributed by atoms with E-state index in [1.807, 2.05) is 80.2 Å². The molecule has 0 aromatic heterocycles. The Hall–Kier alpha value is -6.95. The number of rotatable bonds is 18. The van der Waals surface area contributed by atoms with E-state index in [1.54, 1.807) is 57.2 Å². The molecule has 0 radical (unpaired) electrons. The summed E-state index contributed by atoms with van der Waals surface area (Å²) in [4.78, 5) is 66.4. The van der Waals surface area contributed by atoms with Gasteiger partial charge in [-0.2, -0.15) is 0 Å². The summed E-state index contributed by atoms with van der Waals surface area (Å²) >= 11 is 0. The van der Waals surface area contributed by atoms with Crippen molar-refractivity contribution >= 4 is 63.2 Å². The summed E-state index contributed by atoms with van der Waals surface area (Å²) in [5, 5.41) is 46.2. The van der Waals surface area contributed by atoms with Crippen LogP contribution in [0.25, 0.3) is 4.85 Å². The summed E-state index contributed by atoms with van der Waals surface area (Å²) in [5.74, 6) is -1.80. The van der Waals surface area contributed by atoms with Gasteiger partial charge >= 0.3 is 20.5 Å². The molecule has 4 aromatic rings. The third-order valence-corrected chi connectivity index (χ3v) is 14.1. The van der Waals surface area contributed by atoms with Crippen LogP contribution in [-0.4, -0.2) is 119 Å². The molecule has 5 N–H and O–H groups in total. The van der Waals surface area contributed by atoms with Crippen LogP contribution in [0.4, 0.5) is 0 Å². The van der Waals surface area contributed by atoms with E-state index < -0.39 is 51.4 Å². The zero-order chi connectivity index (χ0) is 64.3. The second kappa shape index (κ2) is 35.4. The van der Waals surface area contributed by atoms with Crippen LogP contribution in [0.5, 0.6) is 0 Å². The maximum atomic E-state index is 13.2. The van der Waals surface area contributed by atoms with Gasteiger partial charge in [-0.1, -0.05) is 113 Å². The van der Waals surface area contributed by atoms with E-state index >= 15 is 0 Å². The molecule has 0 bridgehead atoms. The number of amides is 4. The Kier molecular flexibility index (Phi) is 31.6. The smallest absolute Gasteiger partial charge is 0.423 e. The third kappa shape index (κ3) is 24.3. The lowest BCUT2D eigenvalue weighted by molar-refractivity contribution is -0.929. The normalized spacial score (nSPS) is 12.5. The van der Waals surface area contributed by atoms with Gasteiger partial charge in [0.25, 0.3) is 23.6 Å². The first kappa shape index (κ1) is 75.1. The van der Waals surface area contributed by atoms with Gasteiger partial charge in [-0.15, -0.1) is 0 Å². The van der Waals surface area contributed by atoms with Crippen LogP contribution in [0.15, 0.2) is 72.8 Å². The van der Waals surface area contributed by atoms with Gasteiger partial charge in [-0.25, -0.2) is 27.1 Å². The number of hydrogen-bond donors (Lipinski definition) is 5. The highest BCUT2D eigenvalue weighted by Crippen LogP contribution is 2.26. The second-order valence-corrected chi connectivity index (χ2v) is 29.1. The predicted octanol–water partition coefficient (Wildman–Crippen LogP) is 10.4. The Morgan fingerprint density at radius 3 is 1.36 bits per heavy atom. The van der Waals surface area contributed by atoms with Gasteiger partial charge in [0.15, 0.2) is 8.07 Å². The topological polar surface area (TPSA) is 238 Å². The van der Waals surface area contributed by atoms with Gasteiger partial charge in [0.2, 0.25) is 0 Å². The number of hydrazine groups is 2. The summed E-state index contributed by atoms with van der Waals surface area (Å²) in [7, 11) is -4.49. The van der Waals surface area contributed by atoms with Gasteiger partial charge in [0.1, 0.15) is 6.29 Å². The van der Waals surface area contributed by atoms with Crippen molar-refractivity contribution in [3.8, 4) is 12.3 Å². The number of nitrogens with one attached hydrogen (secondary N) is 2. The van der Waals surface area contributed by atoms with Crippen LogP contribution >= 0.6 is 0 Å². The first-order valence-corrected chi connectivity index (χ1v) is 32.5. The Morgan fingerprint density at radius 2 is 1.05 bits per heavy atom. The second-order valence-electron chi connectivity index (χ2n) is 24.4. The van der Waals surface area contributed by atoms with Crippen molar-refractivity contribution in [3.05, 3.63) is 140 Å². The Bertz CT molecular complexity index is 2840. The highest BCUT2D eigenvalue weighted by molar-refractivity contribution is 6.83. The van der Waals surface area contributed by atoms with Crippen LogP contribution in [0.3, 0.4) is 0 Å². The number of nitriles is 2. The number of fused-ring (bicyclic) bond motifs is 1. The zero-order valence-electron chi connectivity index (χ0n) is 53.3. The van der Waals surface area contributed by atoms with Crippen LogP contribution in [-0.2, 0) is 4.65 Å². The van der Waals surface area contributed by atoms with Gasteiger partial charge in [0.05, 0.1) is 42.8 Å². The number of aryl methyl sites for hydroxylation is 4. The minimum absolute atomic E-state index is 0.0653. The molecule has 1 heterocycles. The molecule has 0 saturated heterocycles. The first-order valence-electron chi connectivity index (χ1n) is 29.0. The van der Waals surface area contributed by atoms with Crippen molar-refractivity contribution < 1.29 is 48.2 Å². The van der Waals surface area contributed by atoms with Gasteiger partial charge < -0.3 is 24.2 Å². The van der Waals surface area contributed by atoms with E-state index in [4.69, 9.17) is 21.8 Å². The zero-order valence-corrected chi connectivity index (χ0v) is 54.3. The molecule has 4 aromatic carbocycles. The molecule has 84 heavy (non-hydrogen) atoms. The highest BCUT2D eigenvalue weighted by Gasteiger charge is 2.40. The molecule has 1 aliphatic heterocycles. The van der Waals surface area contributed by atoms with Crippen molar-refractivity contribution in [2.45, 2.75) is 185 Å². The number of unbranched alkanes of at least 4 members (excludes halogenated alkanes) is 4. The molecule has 0 fully saturated rings. The summed E-state index contributed by atoms with van der Waals surface area (Å²) in [6, 6.07) is 19.6. The fourth-order valence-electron chi connectivity index (χ4n) is 9.05. The molecule has 20 heteroatoms. The summed E-state index contributed by atoms with van der Waals surface area (Å²) in [6.07, 6.45) is 10.7. The van der Waals surface area contributed by atoms with Crippen molar-refractivity contribution in [1.82, 2.24) is 20.9 Å². The maximum Gasteiger partial charge on any atom is 0.497 e. The van der Waals surface area contributed by atoms with Crippen molar-refractivity contribution in [2.24, 2.45) is 0 Å². The molecule has 4 amide bonds. The van der Waals surface area contributed by atoms with E-state index in [0.717, 1.165) is 22.3 Å². The van der Waals surface area contributed by atoms with Gasteiger partial charge in [-0.05, 0) is 160 Å². The number of carbonyl (C=O) groups is 5. The van der Waals surface area contributed by atoms with Crippen molar-refractivity contribution in [1.29, 1.82) is 10.5 Å². The van der Waals surface area contributed by atoms with Gasteiger partial charge in [0, 0.05) is 40.1 Å². The monoisotopic (exact) mass is 1170 g/mol. The lowest BCUT2D eigenvalue weighted by Gasteiger charge is -2.39. The number of aldehydes is 1. The van der Waals surface area contributed by atoms with E-state index in [-0.39, 0.29) is 34.0 Å². The minimum atomic E-state index is -1.90. The number of benzene rings is 4. The molecular weight excluding hydrogens is 1070 g/mol. The minimum Gasteiger partial charge on any atom is -0.423 e. The largest absolute Gasteiger partial charge is 0.497 e. The quantitative estimate of drug-likeness (QED) is 0.0206.